The number of aliphatic hydroxyl groups excluding tert-OH is 1. The van der Waals surface area contributed by atoms with Crippen molar-refractivity contribution >= 4 is 39.8 Å². The van der Waals surface area contributed by atoms with Crippen LogP contribution in [0.15, 0.2) is 23.7 Å². The second-order valence-corrected chi connectivity index (χ2v) is 8.58. The van der Waals surface area contributed by atoms with E-state index in [0.717, 1.165) is 38.9 Å². The van der Waals surface area contributed by atoms with Crippen molar-refractivity contribution in [3.05, 3.63) is 40.1 Å². The molecule has 3 aromatic rings. The molecule has 7 nitrogen and oxygen atoms in total. The summed E-state index contributed by atoms with van der Waals surface area (Å²) in [7, 11) is 1.85. The molecule has 0 atom stereocenters. The molecule has 4 heterocycles. The maximum atomic E-state index is 12.6. The van der Waals surface area contributed by atoms with Gasteiger partial charge in [0.1, 0.15) is 11.3 Å². The maximum absolute atomic E-state index is 12.6. The fourth-order valence-electron chi connectivity index (χ4n) is 2.92. The van der Waals surface area contributed by atoms with E-state index in [1.54, 1.807) is 11.3 Å². The number of alkyl halides is 3. The van der Waals surface area contributed by atoms with Crippen LogP contribution in [-0.2, 0) is 17.6 Å². The number of carbonyl (C=O) groups is 1. The van der Waals surface area contributed by atoms with Crippen LogP contribution in [0.25, 0.3) is 10.6 Å². The lowest BCUT2D eigenvalue weighted by molar-refractivity contribution is -0.140. The predicted octanol–water partition coefficient (Wildman–Crippen LogP) is 3.84. The Hall–Kier alpha value is -2.57. The van der Waals surface area contributed by atoms with Crippen molar-refractivity contribution in [2.75, 3.05) is 30.4 Å². The fourth-order valence-corrected chi connectivity index (χ4v) is 4.54. The number of aldehydes is 1. The molecule has 1 fully saturated rings. The van der Waals surface area contributed by atoms with E-state index in [9.17, 15) is 18.0 Å². The molecule has 12 heteroatoms. The minimum atomic E-state index is -4.46. The highest BCUT2D eigenvalue weighted by Gasteiger charge is 2.39. The molecule has 2 N–H and O–H groups in total. The first-order chi connectivity index (χ1) is 14.8. The quantitative estimate of drug-likeness (QED) is 0.546. The summed E-state index contributed by atoms with van der Waals surface area (Å²) in [5.74, 6) is -0.165. The Kier molecular flexibility index (Phi) is 7.23. The molecule has 3 aromatic heterocycles. The van der Waals surface area contributed by atoms with E-state index in [1.807, 2.05) is 19.4 Å². The van der Waals surface area contributed by atoms with Crippen molar-refractivity contribution in [2.45, 2.75) is 19.7 Å². The molecular weight excluding hydrogens is 451 g/mol. The second kappa shape index (κ2) is 9.71. The summed E-state index contributed by atoms with van der Waals surface area (Å²) in [4.78, 5) is 24.9. The van der Waals surface area contributed by atoms with Gasteiger partial charge in [-0.15, -0.1) is 22.7 Å². The van der Waals surface area contributed by atoms with Crippen LogP contribution >= 0.6 is 22.7 Å². The summed E-state index contributed by atoms with van der Waals surface area (Å²) in [5, 5.41) is 15.6. The summed E-state index contributed by atoms with van der Waals surface area (Å²) in [5.41, 5.74) is 1.02. The molecule has 0 aliphatic carbocycles. The molecule has 0 amide bonds. The summed E-state index contributed by atoms with van der Waals surface area (Å²) in [6.45, 7) is 2.59. The standard InChI is InChI=1S/C10H9F3N2O.C9H11N3OS2/c11-10(12,13)9-8(2-1-3-14-9)15-4-7(5-15)6-16;1-5-8(15-7(3-13)11-5)6-4-14-9(10-2)12-6/h1-3,6-7H,4-5H2;4,13H,3H2,1-2H3,(H,10,12). The third kappa shape index (κ3) is 5.38. The van der Waals surface area contributed by atoms with Gasteiger partial charge in [0.05, 0.1) is 28.6 Å². The van der Waals surface area contributed by atoms with Gasteiger partial charge < -0.3 is 20.1 Å². The van der Waals surface area contributed by atoms with E-state index >= 15 is 0 Å². The Morgan fingerprint density at radius 3 is 2.65 bits per heavy atom. The number of anilines is 2. The molecule has 0 unspecified atom stereocenters. The van der Waals surface area contributed by atoms with Crippen molar-refractivity contribution in [1.82, 2.24) is 15.0 Å². The van der Waals surface area contributed by atoms with Gasteiger partial charge in [-0.05, 0) is 19.1 Å². The van der Waals surface area contributed by atoms with Gasteiger partial charge in [0, 0.05) is 37.6 Å². The number of hydrogen-bond donors (Lipinski definition) is 2. The highest BCUT2D eigenvalue weighted by Crippen LogP contribution is 2.37. The van der Waals surface area contributed by atoms with Crippen molar-refractivity contribution < 1.29 is 23.1 Å². The topological polar surface area (TPSA) is 91.2 Å². The number of aliphatic hydroxyl groups is 1. The lowest BCUT2D eigenvalue weighted by Gasteiger charge is -2.38. The highest BCUT2D eigenvalue weighted by molar-refractivity contribution is 7.16. The molecule has 1 aliphatic heterocycles. The van der Waals surface area contributed by atoms with E-state index in [4.69, 9.17) is 5.11 Å². The zero-order valence-electron chi connectivity index (χ0n) is 16.7. The van der Waals surface area contributed by atoms with Gasteiger partial charge in [0.2, 0.25) is 0 Å². The Balaban J connectivity index is 0.000000176. The third-order valence-corrected chi connectivity index (χ3v) is 6.45. The number of pyridine rings is 1. The van der Waals surface area contributed by atoms with E-state index in [0.29, 0.717) is 13.1 Å². The summed E-state index contributed by atoms with van der Waals surface area (Å²) in [6, 6.07) is 2.83. The smallest absolute Gasteiger partial charge is 0.389 e. The first-order valence-electron chi connectivity index (χ1n) is 9.20. The second-order valence-electron chi connectivity index (χ2n) is 6.64. The Labute approximate surface area is 184 Å². The monoisotopic (exact) mass is 471 g/mol. The average Bonchev–Trinajstić information content (AvgIpc) is 3.33. The number of carbonyl (C=O) groups excluding carboxylic acids is 1. The zero-order chi connectivity index (χ0) is 22.6. The van der Waals surface area contributed by atoms with Gasteiger partial charge in [-0.2, -0.15) is 13.2 Å². The van der Waals surface area contributed by atoms with Gasteiger partial charge >= 0.3 is 6.18 Å². The lowest BCUT2D eigenvalue weighted by Crippen LogP contribution is -2.48. The van der Waals surface area contributed by atoms with Gasteiger partial charge in [-0.25, -0.2) is 15.0 Å². The average molecular weight is 472 g/mol. The van der Waals surface area contributed by atoms with Crippen LogP contribution in [0.3, 0.4) is 0 Å². The van der Waals surface area contributed by atoms with Crippen LogP contribution in [0, 0.1) is 12.8 Å². The summed E-state index contributed by atoms with van der Waals surface area (Å²) < 4.78 is 37.8. The summed E-state index contributed by atoms with van der Waals surface area (Å²) >= 11 is 3.06. The molecule has 0 aromatic carbocycles. The van der Waals surface area contributed by atoms with Crippen molar-refractivity contribution in [3.8, 4) is 10.6 Å². The van der Waals surface area contributed by atoms with Crippen LogP contribution in [0.1, 0.15) is 16.4 Å². The minimum Gasteiger partial charge on any atom is -0.389 e. The van der Waals surface area contributed by atoms with Crippen LogP contribution in [0.2, 0.25) is 0 Å². The molecule has 0 radical (unpaired) electrons. The normalized spacial score (nSPS) is 13.9. The molecule has 166 valence electrons. The number of rotatable bonds is 5. The number of aryl methyl sites for hydroxylation is 1. The SMILES string of the molecule is CNc1nc(-c2sc(CO)nc2C)cs1.O=CC1CN(c2cccnc2C(F)(F)F)C1. The van der Waals surface area contributed by atoms with Crippen LogP contribution in [0.4, 0.5) is 24.0 Å². The molecule has 31 heavy (non-hydrogen) atoms. The van der Waals surface area contributed by atoms with Crippen molar-refractivity contribution in [3.63, 3.8) is 0 Å². The molecule has 4 rings (SSSR count). The van der Waals surface area contributed by atoms with Gasteiger partial charge in [0.25, 0.3) is 0 Å². The Morgan fingerprint density at radius 2 is 2.10 bits per heavy atom. The van der Waals surface area contributed by atoms with E-state index < -0.39 is 11.9 Å². The highest BCUT2D eigenvalue weighted by atomic mass is 32.1. The number of aromatic nitrogens is 3. The number of halogens is 3. The molecule has 1 aliphatic rings. The van der Waals surface area contributed by atoms with Crippen molar-refractivity contribution in [1.29, 1.82) is 0 Å². The van der Waals surface area contributed by atoms with Gasteiger partial charge in [-0.1, -0.05) is 0 Å². The predicted molar refractivity (Wildman–Crippen MR) is 114 cm³/mol. The fraction of sp³-hybridized carbons (Fsp3) is 0.368. The summed E-state index contributed by atoms with van der Waals surface area (Å²) in [6.07, 6.45) is -2.58. The molecule has 1 saturated heterocycles. The maximum Gasteiger partial charge on any atom is 0.435 e. The third-order valence-electron chi connectivity index (χ3n) is 4.42. The van der Waals surface area contributed by atoms with Crippen LogP contribution in [-0.4, -0.2) is 46.5 Å². The van der Waals surface area contributed by atoms with Gasteiger partial charge in [-0.3, -0.25) is 0 Å². The number of hydrogen-bond acceptors (Lipinski definition) is 9. The largest absolute Gasteiger partial charge is 0.435 e. The minimum absolute atomic E-state index is 0.00543. The number of thiazole rings is 2. The Morgan fingerprint density at radius 1 is 1.35 bits per heavy atom. The number of nitrogens with zero attached hydrogens (tertiary/aromatic N) is 4. The molecule has 0 saturated carbocycles. The van der Waals surface area contributed by atoms with E-state index in [1.165, 1.54) is 28.4 Å². The van der Waals surface area contributed by atoms with Crippen molar-refractivity contribution in [2.24, 2.45) is 5.92 Å². The van der Waals surface area contributed by atoms with Gasteiger partial charge in [0.15, 0.2) is 10.8 Å². The Bertz CT molecular complexity index is 1030. The number of nitrogens with one attached hydrogen (secondary N) is 1. The van der Waals surface area contributed by atoms with Crippen LogP contribution in [0.5, 0.6) is 0 Å². The van der Waals surface area contributed by atoms with E-state index in [2.05, 4.69) is 20.3 Å². The van der Waals surface area contributed by atoms with E-state index in [-0.39, 0.29) is 18.2 Å². The molecular formula is C19H20F3N5O2S2. The first-order valence-corrected chi connectivity index (χ1v) is 10.9. The molecule has 0 spiro atoms. The molecule has 0 bridgehead atoms. The first kappa shape index (κ1) is 23.1. The lowest BCUT2D eigenvalue weighted by atomic mass is 10.0. The zero-order valence-corrected chi connectivity index (χ0v) is 18.3. The van der Waals surface area contributed by atoms with Crippen LogP contribution < -0.4 is 10.2 Å².